The molecule has 3 aliphatic heterocycles. The van der Waals surface area contributed by atoms with Gasteiger partial charge in [0.05, 0.1) is 10.7 Å². The van der Waals surface area contributed by atoms with E-state index in [1.54, 1.807) is 6.07 Å². The molecule has 4 bridgehead atoms. The van der Waals surface area contributed by atoms with Crippen LogP contribution in [0, 0.1) is 17.8 Å². The summed E-state index contributed by atoms with van der Waals surface area (Å²) in [5, 5.41) is 3.09. The van der Waals surface area contributed by atoms with Gasteiger partial charge in [-0.3, -0.25) is 0 Å². The topological polar surface area (TPSA) is 53.9 Å². The summed E-state index contributed by atoms with van der Waals surface area (Å²) >= 11 is 6.52. The van der Waals surface area contributed by atoms with Gasteiger partial charge in [0, 0.05) is 43.2 Å². The standard InChI is InChI=1S/C19H22ClN3O2/c1-21-19(24)25-14-7-16(20)15-9-23-13-5-10-2-11(6-13)4-12(3-10)18(23)22-17(15)8-14/h7-8,10-13H,2-6,9H2,1H3,(H,21,24). The van der Waals surface area contributed by atoms with Gasteiger partial charge in [0.1, 0.15) is 11.6 Å². The lowest BCUT2D eigenvalue weighted by Gasteiger charge is -2.39. The Bertz CT molecular complexity index is 764. The Hall–Kier alpha value is -1.75. The fourth-order valence-corrected chi connectivity index (χ4v) is 5.70. The van der Waals surface area contributed by atoms with Crippen molar-refractivity contribution >= 4 is 29.2 Å². The fraction of sp³-hybridized carbons (Fsp3) is 0.579. The minimum atomic E-state index is -0.494. The predicted octanol–water partition coefficient (Wildman–Crippen LogP) is 4.11. The maximum absolute atomic E-state index is 11.5. The monoisotopic (exact) mass is 359 g/mol. The number of amides is 1. The first-order valence-corrected chi connectivity index (χ1v) is 9.55. The summed E-state index contributed by atoms with van der Waals surface area (Å²) in [6.45, 7) is 0.827. The van der Waals surface area contributed by atoms with E-state index >= 15 is 0 Å². The van der Waals surface area contributed by atoms with E-state index in [0.717, 1.165) is 29.6 Å². The second kappa shape index (κ2) is 5.63. The van der Waals surface area contributed by atoms with Gasteiger partial charge in [0.25, 0.3) is 0 Å². The van der Waals surface area contributed by atoms with E-state index in [2.05, 4.69) is 10.2 Å². The molecule has 0 aromatic heterocycles. The van der Waals surface area contributed by atoms with Crippen molar-refractivity contribution < 1.29 is 9.53 Å². The molecule has 6 rings (SSSR count). The maximum Gasteiger partial charge on any atom is 0.412 e. The van der Waals surface area contributed by atoms with Crippen LogP contribution in [0.15, 0.2) is 17.1 Å². The molecule has 6 heteroatoms. The lowest BCUT2D eigenvalue weighted by molar-refractivity contribution is 0.128. The smallest absolute Gasteiger partial charge is 0.410 e. The summed E-state index contributed by atoms with van der Waals surface area (Å²) in [5.74, 6) is 3.99. The third-order valence-electron chi connectivity index (χ3n) is 6.34. The van der Waals surface area contributed by atoms with Gasteiger partial charge < -0.3 is 15.0 Å². The summed E-state index contributed by atoms with van der Waals surface area (Å²) in [6, 6.07) is 4.18. The molecule has 2 saturated heterocycles. The van der Waals surface area contributed by atoms with Gasteiger partial charge in [-0.15, -0.1) is 0 Å². The molecule has 132 valence electrons. The zero-order valence-corrected chi connectivity index (χ0v) is 15.1. The Kier molecular flexibility index (Phi) is 3.49. The predicted molar refractivity (Wildman–Crippen MR) is 96.5 cm³/mol. The van der Waals surface area contributed by atoms with Crippen LogP contribution in [0.5, 0.6) is 5.75 Å². The number of halogens is 1. The van der Waals surface area contributed by atoms with Crippen LogP contribution in [0.2, 0.25) is 5.02 Å². The van der Waals surface area contributed by atoms with Crippen molar-refractivity contribution in [3.63, 3.8) is 0 Å². The fourth-order valence-electron chi connectivity index (χ4n) is 5.43. The molecule has 5 nitrogen and oxygen atoms in total. The highest BCUT2D eigenvalue weighted by molar-refractivity contribution is 6.32. The van der Waals surface area contributed by atoms with E-state index in [1.807, 2.05) is 6.07 Å². The quantitative estimate of drug-likeness (QED) is 0.820. The van der Waals surface area contributed by atoms with Crippen LogP contribution in [0.3, 0.4) is 0 Å². The molecule has 2 unspecified atom stereocenters. The van der Waals surface area contributed by atoms with E-state index in [1.165, 1.54) is 45.0 Å². The minimum absolute atomic E-state index is 0.445. The average molecular weight is 360 g/mol. The minimum Gasteiger partial charge on any atom is -0.410 e. The number of hydrogen-bond acceptors (Lipinski definition) is 4. The first-order chi connectivity index (χ1) is 12.1. The number of rotatable bonds is 1. The molecule has 2 aliphatic carbocycles. The van der Waals surface area contributed by atoms with Crippen LogP contribution in [0.25, 0.3) is 0 Å². The number of fused-ring (bicyclic) bond motifs is 1. The average Bonchev–Trinajstić information content (AvgIpc) is 2.75. The molecule has 2 saturated carbocycles. The van der Waals surface area contributed by atoms with Crippen molar-refractivity contribution in [3.8, 4) is 5.75 Å². The van der Waals surface area contributed by atoms with Crippen molar-refractivity contribution in [3.05, 3.63) is 22.7 Å². The van der Waals surface area contributed by atoms with Crippen LogP contribution >= 0.6 is 11.6 Å². The first kappa shape index (κ1) is 15.5. The molecule has 4 fully saturated rings. The van der Waals surface area contributed by atoms with E-state index in [-0.39, 0.29) is 0 Å². The number of hydrogen-bond donors (Lipinski definition) is 1. The molecule has 1 aromatic carbocycles. The Morgan fingerprint density at radius 3 is 2.72 bits per heavy atom. The van der Waals surface area contributed by atoms with Crippen molar-refractivity contribution in [2.75, 3.05) is 7.05 Å². The SMILES string of the molecule is CNC(=O)Oc1cc(Cl)c2c(c1)N=C1C3CC4CC(C3)CC(C4)N1C2. The zero-order valence-electron chi connectivity index (χ0n) is 14.3. The maximum atomic E-state index is 11.5. The van der Waals surface area contributed by atoms with E-state index < -0.39 is 6.09 Å². The molecule has 1 N–H and O–H groups in total. The Morgan fingerprint density at radius 2 is 2.00 bits per heavy atom. The molecule has 5 aliphatic rings. The Morgan fingerprint density at radius 1 is 1.24 bits per heavy atom. The molecule has 1 amide bonds. The number of nitrogens with zero attached hydrogens (tertiary/aromatic N) is 2. The van der Waals surface area contributed by atoms with Gasteiger partial charge in [0.2, 0.25) is 0 Å². The Balaban J connectivity index is 1.55. The summed E-state index contributed by atoms with van der Waals surface area (Å²) in [6.07, 6.45) is 6.07. The Labute approximate surface area is 152 Å². The van der Waals surface area contributed by atoms with Gasteiger partial charge in [-0.1, -0.05) is 11.6 Å². The summed E-state index contributed by atoms with van der Waals surface area (Å²) in [5.41, 5.74) is 1.91. The van der Waals surface area contributed by atoms with Crippen molar-refractivity contribution in [2.45, 2.75) is 44.7 Å². The van der Waals surface area contributed by atoms with Crippen molar-refractivity contribution in [2.24, 2.45) is 22.7 Å². The third kappa shape index (κ3) is 2.51. The highest BCUT2D eigenvalue weighted by atomic mass is 35.5. The van der Waals surface area contributed by atoms with Crippen LogP contribution in [0.4, 0.5) is 10.5 Å². The highest BCUT2D eigenvalue weighted by Gasteiger charge is 2.46. The number of carbonyl (C=O) groups is 1. The van der Waals surface area contributed by atoms with Crippen LogP contribution < -0.4 is 10.1 Å². The van der Waals surface area contributed by atoms with Gasteiger partial charge in [-0.25, -0.2) is 9.79 Å². The normalized spacial score (nSPS) is 31.8. The third-order valence-corrected chi connectivity index (χ3v) is 6.67. The van der Waals surface area contributed by atoms with Crippen molar-refractivity contribution in [1.29, 1.82) is 0 Å². The van der Waals surface area contributed by atoms with Gasteiger partial charge in [0.15, 0.2) is 0 Å². The van der Waals surface area contributed by atoms with Crippen LogP contribution in [-0.2, 0) is 6.54 Å². The lowest BCUT2D eigenvalue weighted by atomic mass is 9.68. The summed E-state index contributed by atoms with van der Waals surface area (Å²) < 4.78 is 5.26. The zero-order chi connectivity index (χ0) is 17.1. The van der Waals surface area contributed by atoms with Crippen LogP contribution in [-0.4, -0.2) is 29.9 Å². The number of nitrogens with one attached hydrogen (secondary N) is 1. The lowest BCUT2D eigenvalue weighted by Crippen LogP contribution is -2.42. The number of amidine groups is 1. The summed E-state index contributed by atoms with van der Waals surface area (Å²) in [4.78, 5) is 19.1. The largest absolute Gasteiger partial charge is 0.412 e. The number of benzene rings is 1. The second-order valence-corrected chi connectivity index (χ2v) is 8.31. The van der Waals surface area contributed by atoms with Gasteiger partial charge in [-0.05, 0) is 43.9 Å². The molecule has 1 aromatic rings. The van der Waals surface area contributed by atoms with Gasteiger partial charge in [-0.2, -0.15) is 0 Å². The molecule has 3 heterocycles. The number of ether oxygens (including phenoxy) is 1. The summed E-state index contributed by atoms with van der Waals surface area (Å²) in [7, 11) is 1.54. The molecular formula is C19H22ClN3O2. The molecule has 0 radical (unpaired) electrons. The van der Waals surface area contributed by atoms with E-state index in [0.29, 0.717) is 22.7 Å². The second-order valence-electron chi connectivity index (χ2n) is 7.90. The van der Waals surface area contributed by atoms with Crippen LogP contribution in [0.1, 0.15) is 37.7 Å². The first-order valence-electron chi connectivity index (χ1n) is 9.18. The van der Waals surface area contributed by atoms with Gasteiger partial charge >= 0.3 is 6.09 Å². The van der Waals surface area contributed by atoms with E-state index in [9.17, 15) is 4.79 Å². The van der Waals surface area contributed by atoms with Crippen molar-refractivity contribution in [1.82, 2.24) is 10.2 Å². The van der Waals surface area contributed by atoms with E-state index in [4.69, 9.17) is 21.3 Å². The molecular weight excluding hydrogens is 338 g/mol. The molecule has 0 spiro atoms. The number of carbonyl (C=O) groups excluding carboxylic acids is 1. The molecule has 25 heavy (non-hydrogen) atoms. The number of aliphatic imine (C=N–C) groups is 1. The highest BCUT2D eigenvalue weighted by Crippen LogP contribution is 2.51. The molecule has 2 atom stereocenters.